The van der Waals surface area contributed by atoms with Gasteiger partial charge in [-0.3, -0.25) is 4.79 Å². The molecule has 66 valence electrons. The molecule has 1 aromatic rings. The van der Waals surface area contributed by atoms with Crippen LogP contribution in [0.25, 0.3) is 0 Å². The van der Waals surface area contributed by atoms with E-state index >= 15 is 0 Å². The highest BCUT2D eigenvalue weighted by Gasteiger charge is 2.16. The van der Waals surface area contributed by atoms with E-state index in [9.17, 15) is 4.79 Å². The molecule has 0 fully saturated rings. The fraction of sp³-hybridized carbons (Fsp3) is 0.273. The van der Waals surface area contributed by atoms with Gasteiger partial charge in [-0.25, -0.2) is 0 Å². The first-order valence-electron chi connectivity index (χ1n) is 4.48. The summed E-state index contributed by atoms with van der Waals surface area (Å²) in [7, 11) is 0. The molecular formula is C11H11NO. The molecule has 0 bridgehead atoms. The van der Waals surface area contributed by atoms with Crippen LogP contribution >= 0.6 is 0 Å². The number of rotatable bonds is 1. The molecule has 0 aromatic heterocycles. The summed E-state index contributed by atoms with van der Waals surface area (Å²) >= 11 is 0. The molecule has 0 heterocycles. The maximum Gasteiger partial charge on any atom is 0.163 e. The van der Waals surface area contributed by atoms with E-state index in [2.05, 4.69) is 0 Å². The number of carbonyl (C=O) groups is 1. The van der Waals surface area contributed by atoms with Crippen molar-refractivity contribution in [3.63, 3.8) is 0 Å². The van der Waals surface area contributed by atoms with Crippen LogP contribution in [0.2, 0.25) is 0 Å². The second-order valence-corrected chi connectivity index (χ2v) is 3.34. The molecule has 1 aromatic carbocycles. The maximum absolute atomic E-state index is 11.4. The predicted octanol–water partition coefficient (Wildman–Crippen LogP) is 2.20. The van der Waals surface area contributed by atoms with Crippen LogP contribution in [-0.4, -0.2) is 12.0 Å². The standard InChI is InChI=1S/C11H11NO/c12-7-8-4-5-10-9(6-8)2-1-3-11(10)13/h4-7,12H,1-3H2. The van der Waals surface area contributed by atoms with Crippen molar-refractivity contribution in [3.8, 4) is 0 Å². The highest BCUT2D eigenvalue weighted by Crippen LogP contribution is 2.21. The normalized spacial score (nSPS) is 15.2. The van der Waals surface area contributed by atoms with Crippen molar-refractivity contribution in [2.45, 2.75) is 19.3 Å². The molecule has 1 aliphatic carbocycles. The first kappa shape index (κ1) is 8.17. The van der Waals surface area contributed by atoms with E-state index in [-0.39, 0.29) is 5.78 Å². The monoisotopic (exact) mass is 173 g/mol. The lowest BCUT2D eigenvalue weighted by Gasteiger charge is -2.14. The molecule has 0 radical (unpaired) electrons. The minimum absolute atomic E-state index is 0.248. The van der Waals surface area contributed by atoms with Gasteiger partial charge >= 0.3 is 0 Å². The third kappa shape index (κ3) is 1.39. The van der Waals surface area contributed by atoms with Gasteiger partial charge in [0.2, 0.25) is 0 Å². The van der Waals surface area contributed by atoms with Crippen LogP contribution in [-0.2, 0) is 6.42 Å². The Balaban J connectivity index is 2.51. The molecule has 13 heavy (non-hydrogen) atoms. The van der Waals surface area contributed by atoms with E-state index in [0.29, 0.717) is 6.42 Å². The molecule has 0 saturated carbocycles. The van der Waals surface area contributed by atoms with E-state index in [1.165, 1.54) is 6.21 Å². The SMILES string of the molecule is N=Cc1ccc2c(c1)CCCC2=O. The molecule has 0 unspecified atom stereocenters. The van der Waals surface area contributed by atoms with Gasteiger partial charge in [0.25, 0.3) is 0 Å². The molecule has 0 saturated heterocycles. The number of carbonyl (C=O) groups excluding carboxylic acids is 1. The zero-order valence-electron chi connectivity index (χ0n) is 7.34. The van der Waals surface area contributed by atoms with Gasteiger partial charge in [0.05, 0.1) is 0 Å². The molecule has 0 spiro atoms. The molecule has 2 heteroatoms. The Morgan fingerprint density at radius 1 is 1.31 bits per heavy atom. The van der Waals surface area contributed by atoms with Gasteiger partial charge in [0, 0.05) is 18.2 Å². The number of Topliss-reactive ketones (excluding diaryl/α,β-unsaturated/α-hetero) is 1. The van der Waals surface area contributed by atoms with Crippen LogP contribution < -0.4 is 0 Å². The minimum atomic E-state index is 0.248. The molecular weight excluding hydrogens is 162 g/mol. The van der Waals surface area contributed by atoms with E-state index in [1.807, 2.05) is 18.2 Å². The number of ketones is 1. The van der Waals surface area contributed by atoms with E-state index in [4.69, 9.17) is 5.41 Å². The molecule has 2 rings (SSSR count). The van der Waals surface area contributed by atoms with Crippen molar-refractivity contribution < 1.29 is 4.79 Å². The quantitative estimate of drug-likeness (QED) is 0.650. The molecule has 0 atom stereocenters. The average Bonchev–Trinajstić information content (AvgIpc) is 2.18. The lowest BCUT2D eigenvalue weighted by atomic mass is 9.89. The number of nitrogens with one attached hydrogen (secondary N) is 1. The van der Waals surface area contributed by atoms with Crippen LogP contribution in [0.4, 0.5) is 0 Å². The fourth-order valence-corrected chi connectivity index (χ4v) is 1.76. The Bertz CT molecular complexity index is 368. The average molecular weight is 173 g/mol. The van der Waals surface area contributed by atoms with Crippen molar-refractivity contribution >= 4 is 12.0 Å². The molecule has 0 amide bonds. The fourth-order valence-electron chi connectivity index (χ4n) is 1.76. The summed E-state index contributed by atoms with van der Waals surface area (Å²) in [6.45, 7) is 0. The summed E-state index contributed by atoms with van der Waals surface area (Å²) in [5, 5.41) is 7.10. The van der Waals surface area contributed by atoms with Gasteiger partial charge in [0.1, 0.15) is 0 Å². The van der Waals surface area contributed by atoms with Crippen LogP contribution in [0.3, 0.4) is 0 Å². The van der Waals surface area contributed by atoms with Gasteiger partial charge in [-0.1, -0.05) is 12.1 Å². The van der Waals surface area contributed by atoms with Crippen LogP contribution in [0.15, 0.2) is 18.2 Å². The Labute approximate surface area is 77.1 Å². The lowest BCUT2D eigenvalue weighted by molar-refractivity contribution is 0.0972. The van der Waals surface area contributed by atoms with Gasteiger partial charge in [0.15, 0.2) is 5.78 Å². The Hall–Kier alpha value is -1.44. The first-order chi connectivity index (χ1) is 6.31. The number of hydrogen-bond donors (Lipinski definition) is 1. The van der Waals surface area contributed by atoms with Crippen LogP contribution in [0, 0.1) is 5.41 Å². The molecule has 1 N–H and O–H groups in total. The van der Waals surface area contributed by atoms with Crippen molar-refractivity contribution in [1.82, 2.24) is 0 Å². The molecule has 2 nitrogen and oxygen atoms in total. The van der Waals surface area contributed by atoms with Crippen molar-refractivity contribution in [3.05, 3.63) is 34.9 Å². The van der Waals surface area contributed by atoms with Gasteiger partial charge < -0.3 is 5.41 Å². The highest BCUT2D eigenvalue weighted by molar-refractivity contribution is 5.99. The Kier molecular flexibility index (Phi) is 1.97. The van der Waals surface area contributed by atoms with E-state index in [1.54, 1.807) is 0 Å². The number of aryl methyl sites for hydroxylation is 1. The molecule has 1 aliphatic rings. The lowest BCUT2D eigenvalue weighted by Crippen LogP contribution is -2.10. The Morgan fingerprint density at radius 3 is 2.92 bits per heavy atom. The summed E-state index contributed by atoms with van der Waals surface area (Å²) in [6, 6.07) is 5.62. The Morgan fingerprint density at radius 2 is 2.15 bits per heavy atom. The van der Waals surface area contributed by atoms with Crippen molar-refractivity contribution in [2.75, 3.05) is 0 Å². The predicted molar refractivity (Wildman–Crippen MR) is 51.6 cm³/mol. The molecule has 0 aliphatic heterocycles. The zero-order chi connectivity index (χ0) is 9.26. The van der Waals surface area contributed by atoms with Gasteiger partial charge in [-0.2, -0.15) is 0 Å². The third-order valence-corrected chi connectivity index (χ3v) is 2.45. The maximum atomic E-state index is 11.4. The smallest absolute Gasteiger partial charge is 0.163 e. The summed E-state index contributed by atoms with van der Waals surface area (Å²) < 4.78 is 0. The third-order valence-electron chi connectivity index (χ3n) is 2.45. The number of fused-ring (bicyclic) bond motifs is 1. The largest absolute Gasteiger partial charge is 0.308 e. The van der Waals surface area contributed by atoms with Gasteiger partial charge in [-0.15, -0.1) is 0 Å². The highest BCUT2D eigenvalue weighted by atomic mass is 16.1. The van der Waals surface area contributed by atoms with E-state index in [0.717, 1.165) is 29.5 Å². The van der Waals surface area contributed by atoms with Crippen molar-refractivity contribution in [1.29, 1.82) is 5.41 Å². The number of hydrogen-bond acceptors (Lipinski definition) is 2. The second kappa shape index (κ2) is 3.13. The van der Waals surface area contributed by atoms with Gasteiger partial charge in [-0.05, 0) is 30.0 Å². The second-order valence-electron chi connectivity index (χ2n) is 3.34. The summed E-state index contributed by atoms with van der Waals surface area (Å²) in [5.74, 6) is 0.248. The van der Waals surface area contributed by atoms with Crippen LogP contribution in [0.1, 0.15) is 34.3 Å². The summed E-state index contributed by atoms with van der Waals surface area (Å²) in [4.78, 5) is 11.4. The topological polar surface area (TPSA) is 40.9 Å². The summed E-state index contributed by atoms with van der Waals surface area (Å²) in [6.07, 6.45) is 3.92. The first-order valence-corrected chi connectivity index (χ1v) is 4.48. The zero-order valence-corrected chi connectivity index (χ0v) is 7.34. The minimum Gasteiger partial charge on any atom is -0.308 e. The summed E-state index contributed by atoms with van der Waals surface area (Å²) in [5.41, 5.74) is 2.85. The van der Waals surface area contributed by atoms with E-state index < -0.39 is 0 Å². The van der Waals surface area contributed by atoms with Crippen LogP contribution in [0.5, 0.6) is 0 Å². The number of benzene rings is 1. The van der Waals surface area contributed by atoms with Crippen molar-refractivity contribution in [2.24, 2.45) is 0 Å².